The minimum absolute atomic E-state index is 0.625. The normalized spacial score (nSPS) is 25.5. The molecule has 0 saturated heterocycles. The van der Waals surface area contributed by atoms with Crippen LogP contribution in [0, 0.1) is 17.8 Å². The number of allylic oxidation sites excluding steroid dienone is 2. The Labute approximate surface area is 130 Å². The van der Waals surface area contributed by atoms with Crippen molar-refractivity contribution in [3.63, 3.8) is 0 Å². The van der Waals surface area contributed by atoms with Crippen molar-refractivity contribution in [2.75, 3.05) is 11.9 Å². The summed E-state index contributed by atoms with van der Waals surface area (Å²) < 4.78 is 0. The predicted octanol–water partition coefficient (Wildman–Crippen LogP) is 3.55. The van der Waals surface area contributed by atoms with Crippen molar-refractivity contribution in [1.29, 1.82) is 0 Å². The van der Waals surface area contributed by atoms with Crippen LogP contribution in [0.3, 0.4) is 0 Å². The van der Waals surface area contributed by atoms with Gasteiger partial charge in [0.15, 0.2) is 0 Å². The Balaban J connectivity index is 1.36. The third kappa shape index (κ3) is 2.73. The lowest BCUT2D eigenvalue weighted by Gasteiger charge is -2.17. The van der Waals surface area contributed by atoms with E-state index in [1.165, 1.54) is 19.3 Å². The lowest BCUT2D eigenvalue weighted by molar-refractivity contribution is 0.426. The fourth-order valence-electron chi connectivity index (χ4n) is 3.72. The number of nitrogens with one attached hydrogen (secondary N) is 1. The topological polar surface area (TPSA) is 50.7 Å². The molecule has 0 spiro atoms. The van der Waals surface area contributed by atoms with Crippen LogP contribution in [-0.4, -0.2) is 21.7 Å². The van der Waals surface area contributed by atoms with E-state index in [-0.39, 0.29) is 0 Å². The first-order valence-corrected chi connectivity index (χ1v) is 8.06. The van der Waals surface area contributed by atoms with E-state index < -0.39 is 0 Å². The van der Waals surface area contributed by atoms with Gasteiger partial charge < -0.3 is 5.32 Å². The molecule has 0 unspecified atom stereocenters. The Bertz CT molecular complexity index is 668. The molecule has 1 N–H and O–H groups in total. The van der Waals surface area contributed by atoms with E-state index in [0.717, 1.165) is 35.6 Å². The molecule has 4 nitrogen and oxygen atoms in total. The second-order valence-electron chi connectivity index (χ2n) is 6.29. The van der Waals surface area contributed by atoms with Gasteiger partial charge in [0.1, 0.15) is 0 Å². The lowest BCUT2D eigenvalue weighted by atomic mass is 9.91. The van der Waals surface area contributed by atoms with E-state index in [2.05, 4.69) is 32.7 Å². The summed E-state index contributed by atoms with van der Waals surface area (Å²) in [5, 5.41) is 11.5. The highest BCUT2D eigenvalue weighted by atomic mass is 15.2. The zero-order valence-electron chi connectivity index (χ0n) is 12.5. The molecule has 4 rings (SSSR count). The van der Waals surface area contributed by atoms with Crippen LogP contribution >= 0.6 is 0 Å². The third-order valence-corrected chi connectivity index (χ3v) is 4.84. The van der Waals surface area contributed by atoms with Gasteiger partial charge in [0.2, 0.25) is 5.95 Å². The van der Waals surface area contributed by atoms with Crippen LogP contribution in [0.15, 0.2) is 48.7 Å². The molecule has 22 heavy (non-hydrogen) atoms. The van der Waals surface area contributed by atoms with Crippen LogP contribution in [0.5, 0.6) is 0 Å². The van der Waals surface area contributed by atoms with Gasteiger partial charge in [-0.2, -0.15) is 5.10 Å². The van der Waals surface area contributed by atoms with Gasteiger partial charge in [0.05, 0.1) is 11.9 Å². The molecule has 1 fully saturated rings. The molecule has 2 aliphatic rings. The molecule has 2 aliphatic carbocycles. The zero-order chi connectivity index (χ0) is 14.8. The average Bonchev–Trinajstić information content (AvgIpc) is 3.19. The van der Waals surface area contributed by atoms with E-state index >= 15 is 0 Å². The Hall–Kier alpha value is -2.23. The molecule has 2 aromatic rings. The molecule has 1 saturated carbocycles. The summed E-state index contributed by atoms with van der Waals surface area (Å²) in [6.45, 7) is 0.918. The second kappa shape index (κ2) is 5.87. The summed E-state index contributed by atoms with van der Waals surface area (Å²) in [7, 11) is 0. The van der Waals surface area contributed by atoms with Crippen molar-refractivity contribution in [1.82, 2.24) is 15.2 Å². The van der Waals surface area contributed by atoms with Gasteiger partial charge >= 0.3 is 0 Å². The van der Waals surface area contributed by atoms with Gasteiger partial charge in [-0.15, -0.1) is 5.10 Å². The summed E-state index contributed by atoms with van der Waals surface area (Å²) >= 11 is 0. The largest absolute Gasteiger partial charge is 0.353 e. The van der Waals surface area contributed by atoms with Crippen molar-refractivity contribution < 1.29 is 0 Å². The van der Waals surface area contributed by atoms with E-state index in [1.54, 1.807) is 6.20 Å². The number of aromatic nitrogens is 3. The fraction of sp³-hybridized carbons (Fsp3) is 0.389. The number of hydrogen-bond acceptors (Lipinski definition) is 4. The average molecular weight is 292 g/mol. The standard InChI is InChI=1S/C18H20N4/c1-2-4-14(5-3-1)17-12-20-22-18(21-17)19-9-8-16-11-13-6-7-15(16)10-13/h1-7,12-13,15-16H,8-11H2,(H,19,21,22)/t13-,15+,16-/m1/s1. The Kier molecular flexibility index (Phi) is 3.59. The summed E-state index contributed by atoms with van der Waals surface area (Å²) in [5.74, 6) is 3.10. The Morgan fingerprint density at radius 2 is 2.00 bits per heavy atom. The molecule has 1 heterocycles. The minimum Gasteiger partial charge on any atom is -0.353 e. The van der Waals surface area contributed by atoms with Crippen molar-refractivity contribution >= 4 is 5.95 Å². The Morgan fingerprint density at radius 3 is 2.77 bits per heavy atom. The third-order valence-electron chi connectivity index (χ3n) is 4.84. The summed E-state index contributed by atoms with van der Waals surface area (Å²) in [6.07, 6.45) is 10.4. The number of anilines is 1. The van der Waals surface area contributed by atoms with E-state index in [0.29, 0.717) is 5.95 Å². The molecule has 4 heteroatoms. The van der Waals surface area contributed by atoms with Crippen LogP contribution in [0.25, 0.3) is 11.3 Å². The van der Waals surface area contributed by atoms with E-state index in [9.17, 15) is 0 Å². The predicted molar refractivity (Wildman–Crippen MR) is 87.2 cm³/mol. The van der Waals surface area contributed by atoms with Crippen LogP contribution in [0.1, 0.15) is 19.3 Å². The first kappa shape index (κ1) is 13.4. The van der Waals surface area contributed by atoms with Crippen molar-refractivity contribution in [3.05, 3.63) is 48.7 Å². The lowest BCUT2D eigenvalue weighted by Crippen LogP contribution is -2.14. The van der Waals surface area contributed by atoms with Gasteiger partial charge in [-0.05, 0) is 37.0 Å². The maximum Gasteiger partial charge on any atom is 0.243 e. The summed E-state index contributed by atoms with van der Waals surface area (Å²) in [4.78, 5) is 4.56. The first-order chi connectivity index (χ1) is 10.9. The Morgan fingerprint density at radius 1 is 1.09 bits per heavy atom. The molecule has 0 radical (unpaired) electrons. The molecule has 1 aromatic carbocycles. The maximum absolute atomic E-state index is 4.56. The van der Waals surface area contributed by atoms with Gasteiger partial charge in [-0.1, -0.05) is 42.5 Å². The van der Waals surface area contributed by atoms with Gasteiger partial charge in [0, 0.05) is 12.1 Å². The second-order valence-corrected chi connectivity index (χ2v) is 6.29. The highest BCUT2D eigenvalue weighted by molar-refractivity contribution is 5.58. The molecular formula is C18H20N4. The molecule has 0 amide bonds. The number of nitrogens with zero attached hydrogens (tertiary/aromatic N) is 3. The molecule has 2 bridgehead atoms. The van der Waals surface area contributed by atoms with Gasteiger partial charge in [-0.3, -0.25) is 0 Å². The summed E-state index contributed by atoms with van der Waals surface area (Å²) in [5.41, 5.74) is 1.93. The van der Waals surface area contributed by atoms with Gasteiger partial charge in [0.25, 0.3) is 0 Å². The van der Waals surface area contributed by atoms with Crippen LogP contribution < -0.4 is 5.32 Å². The van der Waals surface area contributed by atoms with Crippen LogP contribution in [-0.2, 0) is 0 Å². The monoisotopic (exact) mass is 292 g/mol. The highest BCUT2D eigenvalue weighted by Crippen LogP contribution is 2.44. The van der Waals surface area contributed by atoms with Crippen molar-refractivity contribution in [3.8, 4) is 11.3 Å². The smallest absolute Gasteiger partial charge is 0.243 e. The van der Waals surface area contributed by atoms with E-state index in [1.807, 2.05) is 30.3 Å². The minimum atomic E-state index is 0.625. The number of benzene rings is 1. The van der Waals surface area contributed by atoms with Crippen LogP contribution in [0.2, 0.25) is 0 Å². The van der Waals surface area contributed by atoms with E-state index in [4.69, 9.17) is 0 Å². The summed E-state index contributed by atoms with van der Waals surface area (Å²) in [6, 6.07) is 10.1. The first-order valence-electron chi connectivity index (χ1n) is 8.06. The number of rotatable bonds is 5. The van der Waals surface area contributed by atoms with Crippen molar-refractivity contribution in [2.24, 2.45) is 17.8 Å². The molecule has 1 aromatic heterocycles. The highest BCUT2D eigenvalue weighted by Gasteiger charge is 2.34. The number of fused-ring (bicyclic) bond motifs is 2. The SMILES string of the molecule is C1=C[C@H]2C[C@@H]1C[C@H]2CCNc1nncc(-c2ccccc2)n1. The number of hydrogen-bond donors (Lipinski definition) is 1. The molecule has 112 valence electrons. The fourth-order valence-corrected chi connectivity index (χ4v) is 3.72. The molecule has 3 atom stereocenters. The van der Waals surface area contributed by atoms with Gasteiger partial charge in [-0.25, -0.2) is 4.98 Å². The molecular weight excluding hydrogens is 272 g/mol. The molecule has 0 aliphatic heterocycles. The quantitative estimate of drug-likeness (QED) is 0.856. The maximum atomic E-state index is 4.56. The van der Waals surface area contributed by atoms with Crippen molar-refractivity contribution in [2.45, 2.75) is 19.3 Å². The zero-order valence-corrected chi connectivity index (χ0v) is 12.5. The van der Waals surface area contributed by atoms with Crippen LogP contribution in [0.4, 0.5) is 5.95 Å².